The highest BCUT2D eigenvalue weighted by molar-refractivity contribution is 7.26. The fourth-order valence-corrected chi connectivity index (χ4v) is 5.98. The van der Waals surface area contributed by atoms with Gasteiger partial charge in [0, 0.05) is 33.3 Å². The molecule has 0 atom stereocenters. The van der Waals surface area contributed by atoms with E-state index in [2.05, 4.69) is 75.4 Å². The molecule has 154 valence electrons. The van der Waals surface area contributed by atoms with Gasteiger partial charge in [-0.2, -0.15) is 0 Å². The first-order chi connectivity index (χ1) is 15.2. The lowest BCUT2D eigenvalue weighted by Crippen LogP contribution is -1.93. The number of benzene rings is 3. The molecule has 0 bridgehead atoms. The molecule has 0 amide bonds. The van der Waals surface area contributed by atoms with Gasteiger partial charge < -0.3 is 0 Å². The van der Waals surface area contributed by atoms with E-state index in [1.54, 1.807) is 0 Å². The number of pyridine rings is 1. The molecule has 0 saturated carbocycles. The van der Waals surface area contributed by atoms with E-state index in [-0.39, 0.29) is 0 Å². The van der Waals surface area contributed by atoms with Crippen LogP contribution in [0.2, 0.25) is 0 Å². The summed E-state index contributed by atoms with van der Waals surface area (Å²) in [5.41, 5.74) is 9.57. The van der Waals surface area contributed by atoms with Crippen molar-refractivity contribution in [3.05, 3.63) is 89.1 Å². The summed E-state index contributed by atoms with van der Waals surface area (Å²) in [5, 5.41) is 2.59. The van der Waals surface area contributed by atoms with Crippen molar-refractivity contribution in [2.75, 3.05) is 0 Å². The number of aryl methyl sites for hydroxylation is 3. The number of aromatic nitrogens is 1. The average molecular weight is 423 g/mol. The van der Waals surface area contributed by atoms with E-state index in [1.165, 1.54) is 48.0 Å². The molecule has 31 heavy (non-hydrogen) atoms. The molecule has 0 aliphatic carbocycles. The predicted molar refractivity (Wildman–Crippen MR) is 136 cm³/mol. The largest absolute Gasteiger partial charge is 0.256 e. The zero-order valence-corrected chi connectivity index (χ0v) is 19.5. The van der Waals surface area contributed by atoms with E-state index in [0.29, 0.717) is 0 Å². The summed E-state index contributed by atoms with van der Waals surface area (Å²) < 4.78 is 11.0. The molecule has 0 aliphatic rings. The van der Waals surface area contributed by atoms with E-state index in [0.717, 1.165) is 16.8 Å². The van der Waals surface area contributed by atoms with Crippen molar-refractivity contribution < 1.29 is 1.37 Å². The monoisotopic (exact) mass is 422 g/mol. The second-order valence-corrected chi connectivity index (χ2v) is 9.72. The number of hydrogen-bond acceptors (Lipinski definition) is 2. The fourth-order valence-electron chi connectivity index (χ4n) is 4.73. The number of hydrogen-bond donors (Lipinski definition) is 0. The molecular weight excluding hydrogens is 394 g/mol. The van der Waals surface area contributed by atoms with E-state index in [4.69, 9.17) is 6.35 Å². The van der Waals surface area contributed by atoms with Gasteiger partial charge in [0.05, 0.1) is 5.69 Å². The van der Waals surface area contributed by atoms with Crippen LogP contribution in [-0.2, 0) is 0 Å². The van der Waals surface area contributed by atoms with Gasteiger partial charge in [-0.05, 0) is 72.7 Å². The van der Waals surface area contributed by atoms with Crippen molar-refractivity contribution in [2.24, 2.45) is 0 Å². The standard InChI is InChI=1S/C29H27NS/c1-17(2)21-12-13-30-25(16-21)22-10-11-24(27-19(4)14-18(3)15-20(27)5)28-23-8-6-7-9-26(23)31-29(22)28/h6-17H,1-5H3/i17D. The van der Waals surface area contributed by atoms with Crippen LogP contribution in [0.5, 0.6) is 0 Å². The Morgan fingerprint density at radius 1 is 0.871 bits per heavy atom. The zero-order valence-electron chi connectivity index (χ0n) is 19.7. The Kier molecular flexibility index (Phi) is 4.61. The summed E-state index contributed by atoms with van der Waals surface area (Å²) in [5.74, 6) is -0.660. The van der Waals surface area contributed by atoms with Crippen LogP contribution in [0.4, 0.5) is 0 Å². The Balaban J connectivity index is 1.86. The first kappa shape index (κ1) is 18.8. The molecule has 1 nitrogen and oxygen atoms in total. The number of rotatable bonds is 3. The maximum absolute atomic E-state index is 8.47. The molecule has 0 spiro atoms. The average Bonchev–Trinajstić information content (AvgIpc) is 3.12. The molecule has 0 aliphatic heterocycles. The summed E-state index contributed by atoms with van der Waals surface area (Å²) in [6.45, 7) is 10.4. The quantitative estimate of drug-likeness (QED) is 0.283. The van der Waals surface area contributed by atoms with Gasteiger partial charge in [-0.15, -0.1) is 11.3 Å². The van der Waals surface area contributed by atoms with Crippen LogP contribution in [0.15, 0.2) is 66.9 Å². The van der Waals surface area contributed by atoms with Crippen LogP contribution in [0, 0.1) is 20.8 Å². The van der Waals surface area contributed by atoms with Crippen LogP contribution in [0.25, 0.3) is 42.6 Å². The van der Waals surface area contributed by atoms with Crippen LogP contribution < -0.4 is 0 Å². The minimum atomic E-state index is -0.660. The van der Waals surface area contributed by atoms with Crippen molar-refractivity contribution in [3.63, 3.8) is 0 Å². The molecule has 3 aromatic carbocycles. The van der Waals surface area contributed by atoms with Gasteiger partial charge in [0.15, 0.2) is 0 Å². The maximum atomic E-state index is 8.47. The normalized spacial score (nSPS) is 12.5. The van der Waals surface area contributed by atoms with Crippen LogP contribution >= 0.6 is 11.3 Å². The highest BCUT2D eigenvalue weighted by Crippen LogP contribution is 2.45. The Bertz CT molecular complexity index is 1460. The Hall–Kier alpha value is -2.97. The van der Waals surface area contributed by atoms with Crippen molar-refractivity contribution in [1.29, 1.82) is 0 Å². The lowest BCUT2D eigenvalue weighted by atomic mass is 9.89. The summed E-state index contributed by atoms with van der Waals surface area (Å²) in [4.78, 5) is 4.72. The Labute approximate surface area is 189 Å². The van der Waals surface area contributed by atoms with E-state index < -0.39 is 5.89 Å². The van der Waals surface area contributed by atoms with Crippen LogP contribution in [0.3, 0.4) is 0 Å². The van der Waals surface area contributed by atoms with Gasteiger partial charge in [0.25, 0.3) is 0 Å². The number of nitrogens with zero attached hydrogens (tertiary/aromatic N) is 1. The molecular formula is C29H27NS. The lowest BCUT2D eigenvalue weighted by molar-refractivity contribution is 0.864. The van der Waals surface area contributed by atoms with Gasteiger partial charge in [-0.3, -0.25) is 4.98 Å². The number of thiophene rings is 1. The number of fused-ring (bicyclic) bond motifs is 3. The van der Waals surface area contributed by atoms with Crippen molar-refractivity contribution in [1.82, 2.24) is 4.98 Å². The molecule has 0 fully saturated rings. The smallest absolute Gasteiger partial charge is 0.0719 e. The molecule has 0 N–H and O–H groups in total. The van der Waals surface area contributed by atoms with Gasteiger partial charge >= 0.3 is 0 Å². The van der Waals surface area contributed by atoms with Crippen molar-refractivity contribution in [3.8, 4) is 22.4 Å². The highest BCUT2D eigenvalue weighted by atomic mass is 32.1. The topological polar surface area (TPSA) is 12.9 Å². The molecule has 0 radical (unpaired) electrons. The third-order valence-corrected chi connectivity index (χ3v) is 7.29. The summed E-state index contributed by atoms with van der Waals surface area (Å²) in [6, 6.07) is 21.7. The van der Waals surface area contributed by atoms with E-state index >= 15 is 0 Å². The molecule has 0 unspecified atom stereocenters. The second-order valence-electron chi connectivity index (χ2n) is 8.67. The van der Waals surface area contributed by atoms with Crippen LogP contribution in [-0.4, -0.2) is 4.98 Å². The second kappa shape index (κ2) is 7.62. The minimum absolute atomic E-state index is 0.660. The first-order valence-electron chi connectivity index (χ1n) is 11.2. The predicted octanol–water partition coefficient (Wildman–Crippen LogP) is 8.83. The summed E-state index contributed by atoms with van der Waals surface area (Å²) in [6.07, 6.45) is 1.84. The van der Waals surface area contributed by atoms with E-state index in [9.17, 15) is 0 Å². The molecule has 0 saturated heterocycles. The third-order valence-electron chi connectivity index (χ3n) is 6.09. The van der Waals surface area contributed by atoms with E-state index in [1.807, 2.05) is 37.4 Å². The van der Waals surface area contributed by atoms with Gasteiger partial charge in [-0.1, -0.05) is 61.9 Å². The first-order valence-corrected chi connectivity index (χ1v) is 11.5. The van der Waals surface area contributed by atoms with Crippen molar-refractivity contribution >= 4 is 31.5 Å². The van der Waals surface area contributed by atoms with Gasteiger partial charge in [-0.25, -0.2) is 0 Å². The lowest BCUT2D eigenvalue weighted by Gasteiger charge is -2.15. The molecule has 5 aromatic rings. The summed E-state index contributed by atoms with van der Waals surface area (Å²) >= 11 is 1.83. The zero-order chi connectivity index (χ0) is 22.6. The molecule has 2 heteroatoms. The minimum Gasteiger partial charge on any atom is -0.256 e. The van der Waals surface area contributed by atoms with Crippen LogP contribution in [0.1, 0.15) is 43.4 Å². The summed E-state index contributed by atoms with van der Waals surface area (Å²) in [7, 11) is 0. The van der Waals surface area contributed by atoms with Crippen molar-refractivity contribution in [2.45, 2.75) is 40.5 Å². The Morgan fingerprint density at radius 2 is 1.58 bits per heavy atom. The molecule has 2 aromatic heterocycles. The maximum Gasteiger partial charge on any atom is 0.0719 e. The van der Waals surface area contributed by atoms with Gasteiger partial charge in [0.2, 0.25) is 0 Å². The SMILES string of the molecule is [2H]C(C)(C)c1ccnc(-c2ccc(-c3c(C)cc(C)cc3C)c3c2sc2ccccc23)c1. The third kappa shape index (κ3) is 3.36. The highest BCUT2D eigenvalue weighted by Gasteiger charge is 2.18. The fraction of sp³-hybridized carbons (Fsp3) is 0.207. The molecule has 2 heterocycles. The van der Waals surface area contributed by atoms with Gasteiger partial charge in [0.1, 0.15) is 0 Å². The molecule has 5 rings (SSSR count). The Morgan fingerprint density at radius 3 is 2.32 bits per heavy atom.